The van der Waals surface area contributed by atoms with Crippen LogP contribution in [-0.4, -0.2) is 143 Å². The zero-order valence-electron chi connectivity index (χ0n) is 44.7. The van der Waals surface area contributed by atoms with E-state index in [9.17, 15) is 9.59 Å². The van der Waals surface area contributed by atoms with Gasteiger partial charge in [-0.25, -0.2) is 19.9 Å². The molecule has 1 amide bonds. The fraction of sp³-hybridized carbons (Fsp3) is 0.273. The number of hydrogen-bond acceptors (Lipinski definition) is 17. The van der Waals surface area contributed by atoms with E-state index in [2.05, 4.69) is 78.6 Å². The number of benzene rings is 4. The van der Waals surface area contributed by atoms with Crippen molar-refractivity contribution in [3.8, 4) is 34.3 Å². The Balaban J connectivity index is 0.000000262. The average molecular weight is 1120 g/mol. The van der Waals surface area contributed by atoms with Crippen molar-refractivity contribution in [1.29, 1.82) is 0 Å². The smallest absolute Gasteiger partial charge is 0.247 e. The Morgan fingerprint density at radius 3 is 1.50 bits per heavy atom. The molecule has 5 N–H and O–H groups in total. The average Bonchev–Trinajstić information content (AvgIpc) is 3.97. The van der Waals surface area contributed by atoms with Crippen LogP contribution in [0.15, 0.2) is 111 Å². The number of ether oxygens (including phenoxy) is 2. The molecule has 0 aliphatic heterocycles. The van der Waals surface area contributed by atoms with Gasteiger partial charge in [0, 0.05) is 122 Å². The zero-order valence-corrected chi connectivity index (χ0v) is 47.0. The summed E-state index contributed by atoms with van der Waals surface area (Å²) >= 11 is 17.2. The van der Waals surface area contributed by atoms with Crippen molar-refractivity contribution >= 4 is 114 Å². The number of amides is 1. The van der Waals surface area contributed by atoms with Gasteiger partial charge in [0.05, 0.1) is 48.3 Å². The van der Waals surface area contributed by atoms with E-state index in [0.29, 0.717) is 67.8 Å². The molecule has 0 aliphatic carbocycles. The normalized spacial score (nSPS) is 10.7. The van der Waals surface area contributed by atoms with Gasteiger partial charge < -0.3 is 59.9 Å². The number of nitrogens with two attached hydrogens (primary N) is 1. The summed E-state index contributed by atoms with van der Waals surface area (Å²) in [5.41, 5.74) is 14.3. The number of methoxy groups -OCH3 is 2. The van der Waals surface area contributed by atoms with Crippen LogP contribution in [0.3, 0.4) is 0 Å². The number of rotatable bonds is 19. The molecule has 8 aromatic rings. The number of aryl methyl sites for hydroxylation is 2. The molecule has 4 heterocycles. The summed E-state index contributed by atoms with van der Waals surface area (Å²) in [5.74, 6) is 2.62. The molecule has 412 valence electrons. The van der Waals surface area contributed by atoms with Crippen LogP contribution in [-0.2, 0) is 23.7 Å². The van der Waals surface area contributed by atoms with Gasteiger partial charge in [-0.15, -0.1) is 0 Å². The molecule has 20 nitrogen and oxygen atoms in total. The van der Waals surface area contributed by atoms with E-state index in [0.717, 1.165) is 76.6 Å². The third-order valence-electron chi connectivity index (χ3n) is 11.9. The molecule has 0 spiro atoms. The van der Waals surface area contributed by atoms with E-state index < -0.39 is 5.24 Å². The van der Waals surface area contributed by atoms with Crippen LogP contribution in [0, 0.1) is 0 Å². The first-order valence-corrected chi connectivity index (χ1v) is 25.0. The molecule has 4 aromatic heterocycles. The maximum atomic E-state index is 12.2. The fourth-order valence-corrected chi connectivity index (χ4v) is 8.20. The molecule has 0 saturated carbocycles. The van der Waals surface area contributed by atoms with Gasteiger partial charge in [0.15, 0.2) is 11.6 Å². The van der Waals surface area contributed by atoms with Crippen LogP contribution in [0.5, 0.6) is 11.5 Å². The summed E-state index contributed by atoms with van der Waals surface area (Å²) in [6.45, 7) is 9.97. The van der Waals surface area contributed by atoms with Crippen LogP contribution in [0.25, 0.3) is 44.6 Å². The lowest BCUT2D eigenvalue weighted by atomic mass is 10.1. The number of carbonyl (C=O) groups is 2. The van der Waals surface area contributed by atoms with Gasteiger partial charge in [-0.3, -0.25) is 9.59 Å². The lowest BCUT2D eigenvalue weighted by Crippen LogP contribution is -2.29. The lowest BCUT2D eigenvalue weighted by molar-refractivity contribution is -0.112. The predicted molar refractivity (Wildman–Crippen MR) is 321 cm³/mol. The number of likely N-dealkylation sites (N-methyl/N-ethyl adjacent to an activating group) is 4. The first-order chi connectivity index (χ1) is 36.7. The minimum Gasteiger partial charge on any atom is -0.494 e. The second-order valence-corrected chi connectivity index (χ2v) is 19.2. The lowest BCUT2D eigenvalue weighted by Gasteiger charge is -2.25. The highest BCUT2D eigenvalue weighted by atomic mass is 35.5. The second kappa shape index (κ2) is 27.9. The van der Waals surface area contributed by atoms with Crippen LogP contribution in [0.4, 0.5) is 46.0 Å². The van der Waals surface area contributed by atoms with Gasteiger partial charge >= 0.3 is 0 Å². The summed E-state index contributed by atoms with van der Waals surface area (Å²) in [6, 6.07) is 18.9. The SMILES string of the molecule is C.C=CC(=O)Cl.C=CC(=O)Nc1cc(Nc2ncnc(-c3cn(C)c4ccc(Cl)cc34)n2)c(OC)cc1N(C)CCN(C)C.COc1cc(N(C)CCN(C)C)c(N)cc1Nc1ncnc(-c2cn(C)c3ccc(Cl)cc23)n1. The summed E-state index contributed by atoms with van der Waals surface area (Å²) in [4.78, 5) is 56.8. The van der Waals surface area contributed by atoms with E-state index in [-0.39, 0.29) is 13.3 Å². The number of anilines is 8. The molecule has 0 bridgehead atoms. The molecule has 4 aromatic carbocycles. The van der Waals surface area contributed by atoms with E-state index in [1.54, 1.807) is 20.3 Å². The van der Waals surface area contributed by atoms with E-state index >= 15 is 0 Å². The molecule has 0 fully saturated rings. The quantitative estimate of drug-likeness (QED) is 0.0337. The Hall–Kier alpha value is -8.01. The Morgan fingerprint density at radius 1 is 0.641 bits per heavy atom. The van der Waals surface area contributed by atoms with Gasteiger partial charge in [-0.05, 0) is 100 Å². The molecule has 0 unspecified atom stereocenters. The summed E-state index contributed by atoms with van der Waals surface area (Å²) in [7, 11) is 19.2. The molecule has 0 saturated heterocycles. The molecule has 8 rings (SSSR count). The van der Waals surface area contributed by atoms with Gasteiger partial charge in [0.25, 0.3) is 0 Å². The van der Waals surface area contributed by atoms with Crippen molar-refractivity contribution in [3.05, 3.63) is 121 Å². The number of nitrogens with one attached hydrogen (secondary N) is 3. The number of halogens is 3. The first-order valence-electron chi connectivity index (χ1n) is 23.8. The van der Waals surface area contributed by atoms with Crippen molar-refractivity contribution in [1.82, 2.24) is 48.8 Å². The second-order valence-electron chi connectivity index (χ2n) is 18.0. The third kappa shape index (κ3) is 15.6. The molecule has 78 heavy (non-hydrogen) atoms. The highest BCUT2D eigenvalue weighted by Gasteiger charge is 2.20. The first kappa shape index (κ1) is 60.9. The molecular weight excluding hydrogens is 1060 g/mol. The maximum Gasteiger partial charge on any atom is 0.247 e. The van der Waals surface area contributed by atoms with Crippen molar-refractivity contribution in [2.45, 2.75) is 7.43 Å². The minimum atomic E-state index is -0.509. The maximum absolute atomic E-state index is 12.2. The number of fused-ring (bicyclic) bond motifs is 2. The molecule has 0 radical (unpaired) electrons. The van der Waals surface area contributed by atoms with Crippen LogP contribution in [0.2, 0.25) is 10.0 Å². The summed E-state index contributed by atoms with van der Waals surface area (Å²) < 4.78 is 15.3. The van der Waals surface area contributed by atoms with Gasteiger partial charge in [-0.1, -0.05) is 43.8 Å². The Labute approximate surface area is 470 Å². The monoisotopic (exact) mass is 1120 g/mol. The van der Waals surface area contributed by atoms with Crippen molar-refractivity contribution in [2.24, 2.45) is 14.1 Å². The van der Waals surface area contributed by atoms with Crippen molar-refractivity contribution in [2.75, 3.05) is 114 Å². The van der Waals surface area contributed by atoms with Gasteiger partial charge in [0.1, 0.15) is 24.2 Å². The van der Waals surface area contributed by atoms with Crippen LogP contribution in [0.1, 0.15) is 7.43 Å². The van der Waals surface area contributed by atoms with E-state index in [1.165, 1.54) is 18.7 Å². The Bertz CT molecular complexity index is 3400. The highest BCUT2D eigenvalue weighted by molar-refractivity contribution is 6.66. The highest BCUT2D eigenvalue weighted by Crippen LogP contribution is 2.40. The standard InChI is InChI=1S/C27H31ClN8O2.C24H29ClN8O.C3H3ClO.CH4/c1-7-25(37)31-20-13-21(24(38-6)14-23(20)35(4)11-10-34(2)3)32-27-30-16-29-26(33-27)19-15-36(5)22-9-8-17(28)12-18(19)22;1-31(2)8-9-32(3)21-12-22(34-5)19(11-18(21)26)29-24-28-14-27-23(30-24)17-13-33(4)20-7-6-15(25)10-16(17)20;1-2-3(4)5;/h7-9,12-16H,1,10-11H2,2-6H3,(H,31,37)(H,29,30,32,33);6-7,10-14H,8-9,26H2,1-5H3,(H,27,28,29,30);2H,1H2;1H4. The van der Waals surface area contributed by atoms with E-state index in [1.807, 2.05) is 133 Å². The number of nitrogens with zero attached hydrogens (tertiary/aromatic N) is 12. The molecule has 0 aliphatic rings. The van der Waals surface area contributed by atoms with Crippen molar-refractivity contribution < 1.29 is 19.1 Å². The summed E-state index contributed by atoms with van der Waals surface area (Å²) in [6.07, 6.45) is 9.15. The molecule has 23 heteroatoms. The van der Waals surface area contributed by atoms with Crippen molar-refractivity contribution in [3.63, 3.8) is 0 Å². The Morgan fingerprint density at radius 2 is 1.08 bits per heavy atom. The van der Waals surface area contributed by atoms with Gasteiger partial charge in [0.2, 0.25) is 23.0 Å². The predicted octanol–water partition coefficient (Wildman–Crippen LogP) is 10.1. The number of allylic oxidation sites excluding steroid dienone is 1. The number of aromatic nitrogens is 8. The minimum absolute atomic E-state index is 0. The Kier molecular flexibility index (Phi) is 21.7. The number of hydrogen-bond donors (Lipinski definition) is 4. The van der Waals surface area contributed by atoms with Crippen LogP contribution >= 0.6 is 34.8 Å². The number of carbonyl (C=O) groups excluding carboxylic acids is 2. The van der Waals surface area contributed by atoms with Crippen LogP contribution < -0.4 is 41.0 Å². The summed E-state index contributed by atoms with van der Waals surface area (Å²) in [5, 5.41) is 12.0. The molecular formula is C55H67Cl3N16O4. The zero-order chi connectivity index (χ0) is 56.1. The van der Waals surface area contributed by atoms with Gasteiger partial charge in [-0.2, -0.15) is 9.97 Å². The fourth-order valence-electron chi connectivity index (χ4n) is 7.86. The molecule has 0 atom stereocenters. The van der Waals surface area contributed by atoms with E-state index in [4.69, 9.17) is 50.0 Å². The largest absolute Gasteiger partial charge is 0.494 e. The third-order valence-corrected chi connectivity index (χ3v) is 12.5. The number of nitrogen functional groups attached to an aromatic ring is 1. The topological polar surface area (TPSA) is 215 Å².